The largest absolute Gasteiger partial charge is 0.364 e. The van der Waals surface area contributed by atoms with E-state index < -0.39 is 0 Å². The number of nitrogens with one attached hydrogen (secondary N) is 1. The molecule has 1 N–H and O–H groups in total. The molecule has 0 unspecified atom stereocenters. The monoisotopic (exact) mass is 228 g/mol. The van der Waals surface area contributed by atoms with Crippen LogP contribution >= 0.6 is 0 Å². The number of H-pyrrole nitrogens is 1. The van der Waals surface area contributed by atoms with Gasteiger partial charge >= 0.3 is 5.69 Å². The van der Waals surface area contributed by atoms with Crippen LogP contribution in [0.4, 0.5) is 0 Å². The maximum atomic E-state index is 11.2. The van der Waals surface area contributed by atoms with Gasteiger partial charge in [-0.25, -0.2) is 9.89 Å². The topological polar surface area (TPSA) is 63.0 Å². The molecular formula is C12H12N4O. The smallest absolute Gasteiger partial charge is 0.244 e. The van der Waals surface area contributed by atoms with Gasteiger partial charge in [0.05, 0.1) is 0 Å². The maximum absolute atomic E-state index is 11.2. The van der Waals surface area contributed by atoms with Gasteiger partial charge in [-0.2, -0.15) is 14.9 Å². The number of hydrogen-bond acceptors (Lipinski definition) is 3. The van der Waals surface area contributed by atoms with Crippen LogP contribution in [0.3, 0.4) is 0 Å². The van der Waals surface area contributed by atoms with Gasteiger partial charge in [0.1, 0.15) is 0 Å². The zero-order valence-electron chi connectivity index (χ0n) is 9.37. The molecule has 1 heterocycles. The highest BCUT2D eigenvalue weighted by atomic mass is 16.2. The van der Waals surface area contributed by atoms with Gasteiger partial charge in [-0.1, -0.05) is 36.4 Å². The van der Waals surface area contributed by atoms with Gasteiger partial charge in [0.15, 0.2) is 5.82 Å². The minimum atomic E-state index is -0.341. The summed E-state index contributed by atoms with van der Waals surface area (Å²) in [6.07, 6.45) is 5.23. The summed E-state index contributed by atoms with van der Waals surface area (Å²) in [6.45, 7) is 1.70. The molecule has 0 aliphatic rings. The summed E-state index contributed by atoms with van der Waals surface area (Å²) < 4.78 is 1.20. The first-order valence-corrected chi connectivity index (χ1v) is 5.17. The molecule has 0 spiro atoms. The molecule has 2 rings (SSSR count). The zero-order chi connectivity index (χ0) is 12.1. The summed E-state index contributed by atoms with van der Waals surface area (Å²) in [5, 5.41) is 10.0. The molecule has 1 aromatic carbocycles. The third kappa shape index (κ3) is 2.78. The van der Waals surface area contributed by atoms with E-state index in [1.165, 1.54) is 4.68 Å². The Kier molecular flexibility index (Phi) is 3.30. The number of hydrogen-bond donors (Lipinski definition) is 1. The highest BCUT2D eigenvalue weighted by Crippen LogP contribution is 1.99. The van der Waals surface area contributed by atoms with E-state index in [1.807, 2.05) is 36.4 Å². The van der Waals surface area contributed by atoms with Crippen LogP contribution in [-0.4, -0.2) is 21.1 Å². The third-order valence-electron chi connectivity index (χ3n) is 2.17. The molecule has 0 atom stereocenters. The first kappa shape index (κ1) is 11.1. The number of allylic oxidation sites excluding steroid dienone is 1. The number of aryl methyl sites for hydroxylation is 1. The Hall–Kier alpha value is -2.43. The predicted molar refractivity (Wildman–Crippen MR) is 67.0 cm³/mol. The minimum absolute atomic E-state index is 0.341. The molecule has 2 aromatic rings. The lowest BCUT2D eigenvalue weighted by molar-refractivity contribution is 0.800. The molecule has 17 heavy (non-hydrogen) atoms. The first-order valence-electron chi connectivity index (χ1n) is 5.17. The van der Waals surface area contributed by atoms with Gasteiger partial charge in [0.25, 0.3) is 0 Å². The molecule has 0 fully saturated rings. The zero-order valence-corrected chi connectivity index (χ0v) is 9.37. The second-order valence-electron chi connectivity index (χ2n) is 3.42. The molecular weight excluding hydrogens is 216 g/mol. The second kappa shape index (κ2) is 5.07. The van der Waals surface area contributed by atoms with Gasteiger partial charge in [-0.15, -0.1) is 0 Å². The Labute approximate surface area is 98.1 Å². The van der Waals surface area contributed by atoms with E-state index in [2.05, 4.69) is 15.3 Å². The van der Waals surface area contributed by atoms with Crippen molar-refractivity contribution in [1.82, 2.24) is 14.9 Å². The van der Waals surface area contributed by atoms with Crippen molar-refractivity contribution in [1.29, 1.82) is 0 Å². The van der Waals surface area contributed by atoms with E-state index in [0.29, 0.717) is 5.82 Å². The van der Waals surface area contributed by atoms with E-state index in [-0.39, 0.29) is 5.69 Å². The fourth-order valence-electron chi connectivity index (χ4n) is 1.33. The highest BCUT2D eigenvalue weighted by molar-refractivity contribution is 5.78. The lowest BCUT2D eigenvalue weighted by Gasteiger charge is -1.90. The SMILES string of the molecule is Cc1n[nH]c(=O)n1N=CC=Cc1ccccc1. The van der Waals surface area contributed by atoms with Crippen molar-refractivity contribution in [2.24, 2.45) is 5.10 Å². The van der Waals surface area contributed by atoms with E-state index in [9.17, 15) is 4.79 Å². The molecule has 0 aliphatic heterocycles. The van der Waals surface area contributed by atoms with Crippen molar-refractivity contribution in [3.63, 3.8) is 0 Å². The van der Waals surface area contributed by atoms with E-state index >= 15 is 0 Å². The lowest BCUT2D eigenvalue weighted by atomic mass is 10.2. The molecule has 1 aromatic heterocycles. The van der Waals surface area contributed by atoms with Crippen LogP contribution in [0.15, 0.2) is 46.3 Å². The Bertz CT molecular complexity index is 592. The van der Waals surface area contributed by atoms with Crippen LogP contribution in [0.25, 0.3) is 6.08 Å². The van der Waals surface area contributed by atoms with Crippen molar-refractivity contribution in [3.05, 3.63) is 58.3 Å². The average Bonchev–Trinajstić information content (AvgIpc) is 2.67. The Morgan fingerprint density at radius 1 is 1.35 bits per heavy atom. The predicted octanol–water partition coefficient (Wildman–Crippen LogP) is 1.43. The van der Waals surface area contributed by atoms with Crippen LogP contribution in [0.5, 0.6) is 0 Å². The summed E-state index contributed by atoms with van der Waals surface area (Å²) in [4.78, 5) is 11.2. The molecule has 5 nitrogen and oxygen atoms in total. The summed E-state index contributed by atoms with van der Waals surface area (Å²) in [5.41, 5.74) is 0.738. The second-order valence-corrected chi connectivity index (χ2v) is 3.42. The minimum Gasteiger partial charge on any atom is -0.244 e. The third-order valence-corrected chi connectivity index (χ3v) is 2.17. The van der Waals surface area contributed by atoms with Crippen molar-refractivity contribution >= 4 is 12.3 Å². The van der Waals surface area contributed by atoms with Crippen LogP contribution < -0.4 is 5.69 Å². The van der Waals surface area contributed by atoms with Crippen molar-refractivity contribution in [2.75, 3.05) is 0 Å². The van der Waals surface area contributed by atoms with Crippen molar-refractivity contribution in [2.45, 2.75) is 6.92 Å². The number of rotatable bonds is 3. The maximum Gasteiger partial charge on any atom is 0.364 e. The van der Waals surface area contributed by atoms with Gasteiger partial charge in [-0.05, 0) is 18.6 Å². The number of nitrogens with zero attached hydrogens (tertiary/aromatic N) is 3. The van der Waals surface area contributed by atoms with Crippen LogP contribution in [-0.2, 0) is 0 Å². The van der Waals surface area contributed by atoms with Gasteiger partial charge in [0.2, 0.25) is 0 Å². The normalized spacial score (nSPS) is 11.6. The van der Waals surface area contributed by atoms with Crippen LogP contribution in [0, 0.1) is 6.92 Å². The lowest BCUT2D eigenvalue weighted by Crippen LogP contribution is -2.13. The standard InChI is InChI=1S/C12H12N4O/c1-10-14-15-12(17)16(10)13-9-5-8-11-6-3-2-4-7-11/h2-9H,1H3,(H,15,17). The molecule has 0 amide bonds. The summed E-state index contributed by atoms with van der Waals surface area (Å²) in [6, 6.07) is 9.85. The molecule has 5 heteroatoms. The summed E-state index contributed by atoms with van der Waals surface area (Å²) in [5.74, 6) is 0.527. The van der Waals surface area contributed by atoms with E-state index in [0.717, 1.165) is 5.56 Å². The molecule has 86 valence electrons. The number of aromatic amines is 1. The van der Waals surface area contributed by atoms with Crippen LogP contribution in [0.1, 0.15) is 11.4 Å². The van der Waals surface area contributed by atoms with E-state index in [1.54, 1.807) is 19.2 Å². The van der Waals surface area contributed by atoms with Crippen molar-refractivity contribution in [3.8, 4) is 0 Å². The molecule has 0 radical (unpaired) electrons. The quantitative estimate of drug-likeness (QED) is 0.808. The van der Waals surface area contributed by atoms with Gasteiger partial charge in [0, 0.05) is 6.21 Å². The summed E-state index contributed by atoms with van der Waals surface area (Å²) >= 11 is 0. The Morgan fingerprint density at radius 2 is 2.12 bits per heavy atom. The Balaban J connectivity index is 2.09. The Morgan fingerprint density at radius 3 is 2.76 bits per heavy atom. The first-order chi connectivity index (χ1) is 8.27. The fourth-order valence-corrected chi connectivity index (χ4v) is 1.33. The molecule has 0 saturated heterocycles. The van der Waals surface area contributed by atoms with Crippen molar-refractivity contribution < 1.29 is 0 Å². The molecule has 0 bridgehead atoms. The van der Waals surface area contributed by atoms with E-state index in [4.69, 9.17) is 0 Å². The fraction of sp³-hybridized carbons (Fsp3) is 0.0833. The van der Waals surface area contributed by atoms with Crippen LogP contribution in [0.2, 0.25) is 0 Å². The number of aromatic nitrogens is 3. The molecule has 0 saturated carbocycles. The highest BCUT2D eigenvalue weighted by Gasteiger charge is 1.98. The van der Waals surface area contributed by atoms with Gasteiger partial charge < -0.3 is 0 Å². The molecule has 0 aliphatic carbocycles. The van der Waals surface area contributed by atoms with Gasteiger partial charge in [-0.3, -0.25) is 0 Å². The summed E-state index contributed by atoms with van der Waals surface area (Å²) in [7, 11) is 0. The average molecular weight is 228 g/mol. The number of benzene rings is 1.